The molecule has 7 heteroatoms. The number of nitrogens with one attached hydrogen (secondary N) is 2. The minimum Gasteiger partial charge on any atom is -0.382 e. The van der Waals surface area contributed by atoms with Crippen molar-refractivity contribution in [2.45, 2.75) is 26.8 Å². The summed E-state index contributed by atoms with van der Waals surface area (Å²) in [6.07, 6.45) is 0.891. The summed E-state index contributed by atoms with van der Waals surface area (Å²) in [6.45, 7) is 6.11. The molecule has 0 saturated carbocycles. The molecule has 6 nitrogen and oxygen atoms in total. The zero-order chi connectivity index (χ0) is 15.5. The average molecular weight is 420 g/mol. The molecule has 0 radical (unpaired) electrons. The van der Waals surface area contributed by atoms with Gasteiger partial charge in [0.2, 0.25) is 5.91 Å². The normalized spacial score (nSPS) is 10.7. The molecule has 0 unspecified atom stereocenters. The molecule has 0 heterocycles. The lowest BCUT2D eigenvalue weighted by Crippen LogP contribution is -2.32. The number of carbonyl (C=O) groups excluding carboxylic acids is 1. The molecule has 0 aliphatic rings. The van der Waals surface area contributed by atoms with Gasteiger partial charge in [-0.1, -0.05) is 12.1 Å². The Morgan fingerprint density at radius 2 is 2.18 bits per heavy atom. The molecule has 0 atom stereocenters. The summed E-state index contributed by atoms with van der Waals surface area (Å²) in [5.74, 6) is 0.322. The first-order valence-electron chi connectivity index (χ1n) is 7.10. The SMILES string of the molecule is CCOCCCNC(N)=NCc1cccc(NC(C)=O)c1.I. The summed E-state index contributed by atoms with van der Waals surface area (Å²) >= 11 is 0. The number of halogens is 1. The molecule has 0 aromatic heterocycles. The Hall–Kier alpha value is -1.35. The summed E-state index contributed by atoms with van der Waals surface area (Å²) in [7, 11) is 0. The van der Waals surface area contributed by atoms with Crippen molar-refractivity contribution < 1.29 is 9.53 Å². The Bertz CT molecular complexity index is 480. The molecule has 1 aromatic carbocycles. The Morgan fingerprint density at radius 1 is 1.41 bits per heavy atom. The van der Waals surface area contributed by atoms with E-state index in [4.69, 9.17) is 10.5 Å². The van der Waals surface area contributed by atoms with Crippen LogP contribution in [0.5, 0.6) is 0 Å². The first-order chi connectivity index (χ1) is 10.1. The van der Waals surface area contributed by atoms with Crippen LogP contribution in [-0.4, -0.2) is 31.6 Å². The lowest BCUT2D eigenvalue weighted by atomic mass is 10.2. The van der Waals surface area contributed by atoms with Gasteiger partial charge in [0.15, 0.2) is 5.96 Å². The van der Waals surface area contributed by atoms with Crippen LogP contribution in [0.15, 0.2) is 29.3 Å². The van der Waals surface area contributed by atoms with Gasteiger partial charge >= 0.3 is 0 Å². The third-order valence-corrected chi connectivity index (χ3v) is 2.66. The van der Waals surface area contributed by atoms with E-state index in [1.54, 1.807) is 0 Å². The molecule has 0 aliphatic heterocycles. The topological polar surface area (TPSA) is 88.7 Å². The summed E-state index contributed by atoms with van der Waals surface area (Å²) in [4.78, 5) is 15.3. The number of ether oxygens (including phenoxy) is 1. The zero-order valence-electron chi connectivity index (χ0n) is 13.1. The number of hydrogen-bond acceptors (Lipinski definition) is 3. The maximum Gasteiger partial charge on any atom is 0.221 e. The van der Waals surface area contributed by atoms with E-state index in [0.717, 1.165) is 37.4 Å². The third kappa shape index (κ3) is 9.56. The summed E-state index contributed by atoms with van der Waals surface area (Å²) in [5.41, 5.74) is 7.53. The van der Waals surface area contributed by atoms with E-state index in [-0.39, 0.29) is 29.9 Å². The zero-order valence-corrected chi connectivity index (χ0v) is 15.4. The molecule has 0 saturated heterocycles. The van der Waals surface area contributed by atoms with Gasteiger partial charge in [0, 0.05) is 32.4 Å². The maximum atomic E-state index is 11.0. The van der Waals surface area contributed by atoms with Crippen molar-refractivity contribution in [3.8, 4) is 0 Å². The van der Waals surface area contributed by atoms with Gasteiger partial charge in [0.1, 0.15) is 0 Å². The summed E-state index contributed by atoms with van der Waals surface area (Å²) in [6, 6.07) is 7.54. The van der Waals surface area contributed by atoms with Gasteiger partial charge in [-0.05, 0) is 31.0 Å². The Labute approximate surface area is 148 Å². The monoisotopic (exact) mass is 420 g/mol. The standard InChI is InChI=1S/C15H24N4O2.HI/c1-3-21-9-5-8-17-15(16)18-11-13-6-4-7-14(10-13)19-12(2)20;/h4,6-7,10H,3,5,8-9,11H2,1-2H3,(H,19,20)(H3,16,17,18);1H. The quantitative estimate of drug-likeness (QED) is 0.260. The van der Waals surface area contributed by atoms with Crippen LogP contribution in [0, 0.1) is 0 Å². The molecule has 4 N–H and O–H groups in total. The van der Waals surface area contributed by atoms with Crippen LogP contribution in [0.2, 0.25) is 0 Å². The van der Waals surface area contributed by atoms with E-state index in [0.29, 0.717) is 12.5 Å². The van der Waals surface area contributed by atoms with Crippen molar-refractivity contribution in [3.05, 3.63) is 29.8 Å². The van der Waals surface area contributed by atoms with E-state index >= 15 is 0 Å². The molecule has 0 fully saturated rings. The molecule has 22 heavy (non-hydrogen) atoms. The van der Waals surface area contributed by atoms with Crippen molar-refractivity contribution in [1.82, 2.24) is 5.32 Å². The highest BCUT2D eigenvalue weighted by molar-refractivity contribution is 14.0. The number of benzene rings is 1. The number of guanidine groups is 1. The highest BCUT2D eigenvalue weighted by atomic mass is 127. The number of aliphatic imine (C=N–C) groups is 1. The maximum absolute atomic E-state index is 11.0. The van der Waals surface area contributed by atoms with Crippen LogP contribution < -0.4 is 16.4 Å². The molecule has 0 bridgehead atoms. The largest absolute Gasteiger partial charge is 0.382 e. The Morgan fingerprint density at radius 3 is 2.86 bits per heavy atom. The van der Waals surface area contributed by atoms with Crippen molar-refractivity contribution in [1.29, 1.82) is 0 Å². The van der Waals surface area contributed by atoms with Gasteiger partial charge in [0.05, 0.1) is 6.54 Å². The lowest BCUT2D eigenvalue weighted by molar-refractivity contribution is -0.114. The van der Waals surface area contributed by atoms with E-state index in [1.807, 2.05) is 31.2 Å². The molecular weight excluding hydrogens is 395 g/mol. The fourth-order valence-electron chi connectivity index (χ4n) is 1.72. The van der Waals surface area contributed by atoms with Crippen molar-refractivity contribution in [2.75, 3.05) is 25.1 Å². The molecule has 0 spiro atoms. The minimum atomic E-state index is -0.0915. The van der Waals surface area contributed by atoms with E-state index in [2.05, 4.69) is 15.6 Å². The number of amides is 1. The second kappa shape index (κ2) is 12.2. The molecular formula is C15H25IN4O2. The van der Waals surface area contributed by atoms with Gasteiger partial charge in [-0.25, -0.2) is 4.99 Å². The lowest BCUT2D eigenvalue weighted by Gasteiger charge is -2.07. The van der Waals surface area contributed by atoms with Crippen molar-refractivity contribution >= 4 is 41.5 Å². The highest BCUT2D eigenvalue weighted by Gasteiger charge is 1.98. The van der Waals surface area contributed by atoms with Crippen molar-refractivity contribution in [2.24, 2.45) is 10.7 Å². The second-order valence-corrected chi connectivity index (χ2v) is 4.56. The third-order valence-electron chi connectivity index (χ3n) is 2.66. The number of nitrogens with two attached hydrogens (primary N) is 1. The molecule has 1 aromatic rings. The fraction of sp³-hybridized carbons (Fsp3) is 0.467. The molecule has 1 rings (SSSR count). The predicted octanol–water partition coefficient (Wildman–Crippen LogP) is 2.09. The van der Waals surface area contributed by atoms with E-state index in [9.17, 15) is 4.79 Å². The first kappa shape index (κ1) is 20.6. The van der Waals surface area contributed by atoms with Crippen molar-refractivity contribution in [3.63, 3.8) is 0 Å². The predicted molar refractivity (Wildman–Crippen MR) is 101 cm³/mol. The molecule has 0 aliphatic carbocycles. The average Bonchev–Trinajstić information content (AvgIpc) is 2.44. The van der Waals surface area contributed by atoms with Crippen LogP contribution in [0.1, 0.15) is 25.8 Å². The van der Waals surface area contributed by atoms with Gasteiger partial charge < -0.3 is 21.1 Å². The summed E-state index contributed by atoms with van der Waals surface area (Å²) < 4.78 is 5.23. The summed E-state index contributed by atoms with van der Waals surface area (Å²) in [5, 5.41) is 5.78. The van der Waals surface area contributed by atoms with Gasteiger partial charge in [-0.15, -0.1) is 24.0 Å². The number of nitrogens with zero attached hydrogens (tertiary/aromatic N) is 1. The van der Waals surface area contributed by atoms with Crippen LogP contribution in [0.3, 0.4) is 0 Å². The highest BCUT2D eigenvalue weighted by Crippen LogP contribution is 2.11. The van der Waals surface area contributed by atoms with Gasteiger partial charge in [0.25, 0.3) is 0 Å². The number of anilines is 1. The first-order valence-corrected chi connectivity index (χ1v) is 7.10. The number of rotatable bonds is 8. The fourth-order valence-corrected chi connectivity index (χ4v) is 1.72. The van der Waals surface area contributed by atoms with Crippen LogP contribution in [0.4, 0.5) is 5.69 Å². The van der Waals surface area contributed by atoms with Crippen LogP contribution in [-0.2, 0) is 16.1 Å². The molecule has 124 valence electrons. The van der Waals surface area contributed by atoms with Gasteiger partial charge in [-0.3, -0.25) is 4.79 Å². The number of hydrogen-bond donors (Lipinski definition) is 3. The van der Waals surface area contributed by atoms with E-state index < -0.39 is 0 Å². The molecule has 1 amide bonds. The van der Waals surface area contributed by atoms with Gasteiger partial charge in [-0.2, -0.15) is 0 Å². The van der Waals surface area contributed by atoms with Crippen LogP contribution in [0.25, 0.3) is 0 Å². The van der Waals surface area contributed by atoms with E-state index in [1.165, 1.54) is 6.92 Å². The van der Waals surface area contributed by atoms with Crippen LogP contribution >= 0.6 is 24.0 Å². The number of carbonyl (C=O) groups is 1. The second-order valence-electron chi connectivity index (χ2n) is 4.56. The Balaban J connectivity index is 0.00000441. The minimum absolute atomic E-state index is 0. The Kier molecular flexibility index (Phi) is 11.5. The smallest absolute Gasteiger partial charge is 0.221 e.